The van der Waals surface area contributed by atoms with Gasteiger partial charge in [0.2, 0.25) is 0 Å². The highest BCUT2D eigenvalue weighted by atomic mass is 16.6. The Hall–Kier alpha value is -1.06. The van der Waals surface area contributed by atoms with Gasteiger partial charge >= 0.3 is 11.9 Å². The molecule has 0 heterocycles. The van der Waals surface area contributed by atoms with E-state index in [0.29, 0.717) is 37.9 Å². The van der Waals surface area contributed by atoms with Gasteiger partial charge in [-0.15, -0.1) is 0 Å². The monoisotopic (exact) mass is 384 g/mol. The molecule has 0 aromatic rings. The Bertz CT molecular complexity index is 367. The maximum atomic E-state index is 12.8. The van der Waals surface area contributed by atoms with Gasteiger partial charge in [-0.2, -0.15) is 0 Å². The summed E-state index contributed by atoms with van der Waals surface area (Å²) < 4.78 is 11.2. The largest absolute Gasteiger partial charge is 0.465 e. The lowest BCUT2D eigenvalue weighted by Crippen LogP contribution is -2.42. The molecule has 0 N–H and O–H groups in total. The van der Waals surface area contributed by atoms with Crippen LogP contribution in [0, 0.1) is 17.3 Å². The molecule has 0 radical (unpaired) electrons. The van der Waals surface area contributed by atoms with Gasteiger partial charge in [-0.3, -0.25) is 9.59 Å². The highest BCUT2D eigenvalue weighted by Crippen LogP contribution is 2.31. The Labute approximate surface area is 167 Å². The van der Waals surface area contributed by atoms with Crippen molar-refractivity contribution in [3.63, 3.8) is 0 Å². The first-order valence-electron chi connectivity index (χ1n) is 11.3. The van der Waals surface area contributed by atoms with Crippen molar-refractivity contribution in [2.75, 3.05) is 13.2 Å². The molecular weight excluding hydrogens is 340 g/mol. The minimum atomic E-state index is -1.16. The summed E-state index contributed by atoms with van der Waals surface area (Å²) in [7, 11) is 0. The van der Waals surface area contributed by atoms with Crippen molar-refractivity contribution in [3.05, 3.63) is 0 Å². The zero-order valence-electron chi connectivity index (χ0n) is 18.8. The average Bonchev–Trinajstić information content (AvgIpc) is 2.69. The number of rotatable bonds is 16. The molecule has 4 nitrogen and oxygen atoms in total. The van der Waals surface area contributed by atoms with Gasteiger partial charge in [0, 0.05) is 0 Å². The van der Waals surface area contributed by atoms with Crippen molar-refractivity contribution in [1.82, 2.24) is 0 Å². The Morgan fingerprint density at radius 1 is 0.704 bits per heavy atom. The van der Waals surface area contributed by atoms with Crippen LogP contribution < -0.4 is 0 Å². The molecule has 0 aromatic carbocycles. The summed E-state index contributed by atoms with van der Waals surface area (Å²) >= 11 is 0. The fourth-order valence-electron chi connectivity index (χ4n) is 3.37. The third-order valence-corrected chi connectivity index (χ3v) is 5.98. The van der Waals surface area contributed by atoms with Crippen molar-refractivity contribution in [3.8, 4) is 0 Å². The number of hydrogen-bond acceptors (Lipinski definition) is 4. The molecule has 2 unspecified atom stereocenters. The van der Waals surface area contributed by atoms with Gasteiger partial charge in [0.1, 0.15) is 0 Å². The van der Waals surface area contributed by atoms with Crippen LogP contribution in [0.5, 0.6) is 0 Å². The SMILES string of the molecule is CCCCC(CC)COC(=O)C(CC)(CC)C(=O)OCC(CC)CCCC. The molecule has 2 atom stereocenters. The maximum Gasteiger partial charge on any atom is 0.323 e. The number of carbonyl (C=O) groups is 2. The third-order valence-electron chi connectivity index (χ3n) is 5.98. The molecule has 0 saturated carbocycles. The third kappa shape index (κ3) is 8.66. The Balaban J connectivity index is 4.86. The van der Waals surface area contributed by atoms with Crippen molar-refractivity contribution in [2.45, 2.75) is 106 Å². The summed E-state index contributed by atoms with van der Waals surface area (Å²) in [4.78, 5) is 25.7. The standard InChI is InChI=1S/C23H44O4/c1-7-13-15-19(9-3)17-26-21(24)23(11-5,12-6)22(25)27-18-20(10-4)16-14-8-2/h19-20H,7-18H2,1-6H3. The van der Waals surface area contributed by atoms with E-state index in [1.165, 1.54) is 0 Å². The highest BCUT2D eigenvalue weighted by molar-refractivity contribution is 6.00. The molecule has 0 bridgehead atoms. The number of hydrogen-bond donors (Lipinski definition) is 0. The molecule has 0 fully saturated rings. The second-order valence-corrected chi connectivity index (χ2v) is 7.82. The summed E-state index contributed by atoms with van der Waals surface area (Å²) in [5.74, 6) is -0.0761. The molecule has 0 saturated heterocycles. The summed E-state index contributed by atoms with van der Waals surface area (Å²) in [5, 5.41) is 0. The van der Waals surface area contributed by atoms with Crippen LogP contribution in [0.2, 0.25) is 0 Å². The van der Waals surface area contributed by atoms with Gasteiger partial charge in [0.05, 0.1) is 13.2 Å². The van der Waals surface area contributed by atoms with Crippen LogP contribution in [-0.4, -0.2) is 25.2 Å². The van der Waals surface area contributed by atoms with E-state index in [9.17, 15) is 9.59 Å². The summed E-state index contributed by atoms with van der Waals surface area (Å²) in [5.41, 5.74) is -1.16. The molecule has 0 aliphatic carbocycles. The molecule has 0 aliphatic rings. The number of esters is 2. The van der Waals surface area contributed by atoms with Crippen molar-refractivity contribution in [2.24, 2.45) is 17.3 Å². The lowest BCUT2D eigenvalue weighted by molar-refractivity contribution is -0.175. The first-order valence-corrected chi connectivity index (χ1v) is 11.3. The van der Waals surface area contributed by atoms with Crippen LogP contribution in [0.25, 0.3) is 0 Å². The molecule has 0 amide bonds. The zero-order valence-corrected chi connectivity index (χ0v) is 18.8. The van der Waals surface area contributed by atoms with Crippen LogP contribution in [0.1, 0.15) is 106 Å². The van der Waals surface area contributed by atoms with Gasteiger partial charge in [0.15, 0.2) is 5.41 Å². The van der Waals surface area contributed by atoms with Gasteiger partial charge in [-0.25, -0.2) is 0 Å². The van der Waals surface area contributed by atoms with Gasteiger partial charge in [-0.05, 0) is 37.5 Å². The van der Waals surface area contributed by atoms with Crippen molar-refractivity contribution in [1.29, 1.82) is 0 Å². The normalized spacial score (nSPS) is 13.9. The molecule has 0 aromatic heterocycles. The molecule has 0 rings (SSSR count). The molecule has 160 valence electrons. The highest BCUT2D eigenvalue weighted by Gasteiger charge is 2.46. The lowest BCUT2D eigenvalue weighted by Gasteiger charge is -2.28. The van der Waals surface area contributed by atoms with Crippen LogP contribution in [0.4, 0.5) is 0 Å². The molecule has 4 heteroatoms. The number of carbonyl (C=O) groups excluding carboxylic acids is 2. The van der Waals surface area contributed by atoms with Crippen LogP contribution >= 0.6 is 0 Å². The fourth-order valence-corrected chi connectivity index (χ4v) is 3.37. The Morgan fingerprint density at radius 3 is 1.33 bits per heavy atom. The van der Waals surface area contributed by atoms with E-state index < -0.39 is 17.4 Å². The summed E-state index contributed by atoms with van der Waals surface area (Å²) in [6.45, 7) is 13.1. The van der Waals surface area contributed by atoms with Gasteiger partial charge in [-0.1, -0.05) is 80.1 Å². The second kappa shape index (κ2) is 14.9. The minimum Gasteiger partial charge on any atom is -0.465 e. The first-order chi connectivity index (χ1) is 12.9. The lowest BCUT2D eigenvalue weighted by atomic mass is 9.82. The van der Waals surface area contributed by atoms with E-state index >= 15 is 0 Å². The smallest absolute Gasteiger partial charge is 0.323 e. The number of unbranched alkanes of at least 4 members (excludes halogenated alkanes) is 2. The zero-order chi connectivity index (χ0) is 20.7. The van der Waals surface area contributed by atoms with Crippen LogP contribution in [0.3, 0.4) is 0 Å². The maximum absolute atomic E-state index is 12.8. The predicted molar refractivity (Wildman–Crippen MR) is 112 cm³/mol. The number of ether oxygens (including phenoxy) is 2. The fraction of sp³-hybridized carbons (Fsp3) is 0.913. The first kappa shape index (κ1) is 25.9. The van der Waals surface area contributed by atoms with E-state index in [0.717, 1.165) is 51.4 Å². The van der Waals surface area contributed by atoms with Crippen molar-refractivity contribution >= 4 is 11.9 Å². The van der Waals surface area contributed by atoms with Gasteiger partial charge < -0.3 is 9.47 Å². The van der Waals surface area contributed by atoms with Crippen LogP contribution in [0.15, 0.2) is 0 Å². The van der Waals surface area contributed by atoms with Gasteiger partial charge in [0.25, 0.3) is 0 Å². The molecular formula is C23H44O4. The molecule has 0 spiro atoms. The van der Waals surface area contributed by atoms with Crippen molar-refractivity contribution < 1.29 is 19.1 Å². The Kier molecular flexibility index (Phi) is 14.3. The summed E-state index contributed by atoms with van der Waals surface area (Å²) in [6.07, 6.45) is 9.48. The predicted octanol–water partition coefficient (Wildman–Crippen LogP) is 6.31. The van der Waals surface area contributed by atoms with E-state index in [-0.39, 0.29) is 0 Å². The minimum absolute atomic E-state index is 0.370. The van der Waals surface area contributed by atoms with E-state index in [1.54, 1.807) is 0 Å². The average molecular weight is 385 g/mol. The van der Waals surface area contributed by atoms with E-state index in [1.807, 2.05) is 13.8 Å². The Morgan fingerprint density at radius 2 is 1.07 bits per heavy atom. The van der Waals surface area contributed by atoms with E-state index in [2.05, 4.69) is 27.7 Å². The molecule has 27 heavy (non-hydrogen) atoms. The second-order valence-electron chi connectivity index (χ2n) is 7.82. The van der Waals surface area contributed by atoms with Crippen LogP contribution in [-0.2, 0) is 19.1 Å². The topological polar surface area (TPSA) is 52.6 Å². The summed E-state index contributed by atoms with van der Waals surface area (Å²) in [6, 6.07) is 0. The quantitative estimate of drug-likeness (QED) is 0.231. The molecule has 0 aliphatic heterocycles. The van der Waals surface area contributed by atoms with E-state index in [4.69, 9.17) is 9.47 Å².